The summed E-state index contributed by atoms with van der Waals surface area (Å²) in [6, 6.07) is 0. The zero-order valence-corrected chi connectivity index (χ0v) is 22.8. The number of esters is 1. The van der Waals surface area contributed by atoms with Crippen molar-refractivity contribution in [3.8, 4) is 0 Å². The number of nitrogens with zero attached hydrogens (tertiary/aromatic N) is 1. The molecule has 2 saturated heterocycles. The largest absolute Gasteiger partial charge is 0.458 e. The average Bonchev–Trinajstić information content (AvgIpc) is 3.23. The van der Waals surface area contributed by atoms with E-state index in [-0.39, 0.29) is 29.8 Å². The van der Waals surface area contributed by atoms with Gasteiger partial charge in [-0.25, -0.2) is 4.98 Å². The molecule has 3 rings (SSSR count). The summed E-state index contributed by atoms with van der Waals surface area (Å²) in [5.41, 5.74) is -0.225. The number of fused-ring (bicyclic) bond motifs is 1. The number of cyclic esters (lactones) is 1. The van der Waals surface area contributed by atoms with Crippen molar-refractivity contribution in [3.05, 3.63) is 21.7 Å². The molecule has 200 valence electrons. The standard InChI is InChI=1S/C27H39NO7S/c1-15-8-7-9-27(6)21(35-27)11-19(16(2)10-18-14-36-22(13-29)28-18)34-23(31)12-20(30)26(4,5)25(33)17(3)24(15)32/h10,13-15,17,19-21,24,30,32H,7-9,11-12H2,1-6H3/t15-,17+,19-,20-,21-,24-,27+/m0/s1. The van der Waals surface area contributed by atoms with E-state index < -0.39 is 35.6 Å². The molecule has 0 unspecified atom stereocenters. The lowest BCUT2D eigenvalue weighted by molar-refractivity contribution is -0.154. The first-order valence-corrected chi connectivity index (χ1v) is 13.5. The van der Waals surface area contributed by atoms with Gasteiger partial charge in [-0.15, -0.1) is 11.3 Å². The van der Waals surface area contributed by atoms with Crippen molar-refractivity contribution in [2.24, 2.45) is 17.3 Å². The first kappa shape index (κ1) is 28.6. The number of ketones is 1. The fraction of sp³-hybridized carbons (Fsp3) is 0.704. The number of carbonyl (C=O) groups is 3. The Kier molecular flexibility index (Phi) is 8.91. The maximum atomic E-state index is 13.2. The van der Waals surface area contributed by atoms with Gasteiger partial charge in [0.1, 0.15) is 11.9 Å². The van der Waals surface area contributed by atoms with Gasteiger partial charge in [-0.2, -0.15) is 0 Å². The van der Waals surface area contributed by atoms with Gasteiger partial charge in [0.25, 0.3) is 0 Å². The molecule has 3 heterocycles. The highest BCUT2D eigenvalue weighted by atomic mass is 32.1. The Morgan fingerprint density at radius 3 is 2.56 bits per heavy atom. The van der Waals surface area contributed by atoms with Crippen LogP contribution in [0.25, 0.3) is 6.08 Å². The van der Waals surface area contributed by atoms with Gasteiger partial charge in [-0.3, -0.25) is 14.4 Å². The predicted molar refractivity (Wildman–Crippen MR) is 137 cm³/mol. The lowest BCUT2D eigenvalue weighted by atomic mass is 9.73. The van der Waals surface area contributed by atoms with Crippen LogP contribution in [0.1, 0.15) is 89.1 Å². The first-order valence-electron chi connectivity index (χ1n) is 12.6. The van der Waals surface area contributed by atoms with E-state index in [2.05, 4.69) is 4.98 Å². The number of carbonyl (C=O) groups excluding carboxylic acids is 3. The SMILES string of the molecule is CC(=Cc1csc(C=O)n1)[C@@H]1C[C@@H]2O[C@]2(C)CCC[C@H](C)[C@H](O)[C@@H](C)C(=O)C(C)(C)[C@@H](O)CC(=O)O1. The molecule has 2 aliphatic rings. The molecule has 7 atom stereocenters. The Balaban J connectivity index is 1.86. The van der Waals surface area contributed by atoms with E-state index in [0.717, 1.165) is 24.8 Å². The van der Waals surface area contributed by atoms with Crippen molar-refractivity contribution in [1.29, 1.82) is 0 Å². The minimum Gasteiger partial charge on any atom is -0.458 e. The van der Waals surface area contributed by atoms with Gasteiger partial charge in [-0.05, 0) is 44.3 Å². The smallest absolute Gasteiger partial charge is 0.309 e. The number of Topliss-reactive ketones (excluding diaryl/α,β-unsaturated/α-hetero) is 1. The first-order chi connectivity index (χ1) is 16.8. The highest BCUT2D eigenvalue weighted by Crippen LogP contribution is 2.45. The Morgan fingerprint density at radius 2 is 1.92 bits per heavy atom. The second kappa shape index (κ2) is 11.2. The van der Waals surface area contributed by atoms with Crippen LogP contribution in [0.3, 0.4) is 0 Å². The minimum absolute atomic E-state index is 0.0946. The number of aliphatic hydroxyl groups is 2. The molecule has 0 bridgehead atoms. The molecule has 0 amide bonds. The summed E-state index contributed by atoms with van der Waals surface area (Å²) in [6.45, 7) is 10.7. The monoisotopic (exact) mass is 521 g/mol. The average molecular weight is 522 g/mol. The van der Waals surface area contributed by atoms with E-state index in [1.54, 1.807) is 32.2 Å². The molecule has 8 nitrogen and oxygen atoms in total. The van der Waals surface area contributed by atoms with E-state index in [1.807, 2.05) is 20.8 Å². The molecule has 36 heavy (non-hydrogen) atoms. The molecule has 0 radical (unpaired) electrons. The Morgan fingerprint density at radius 1 is 1.22 bits per heavy atom. The van der Waals surface area contributed by atoms with Crippen LogP contribution in [-0.4, -0.2) is 63.3 Å². The predicted octanol–water partition coefficient (Wildman–Crippen LogP) is 3.98. The number of epoxide rings is 1. The van der Waals surface area contributed by atoms with Crippen LogP contribution in [0.2, 0.25) is 0 Å². The minimum atomic E-state index is -1.27. The summed E-state index contributed by atoms with van der Waals surface area (Å²) < 4.78 is 11.9. The molecule has 2 N–H and O–H groups in total. The van der Waals surface area contributed by atoms with Crippen molar-refractivity contribution >= 4 is 35.5 Å². The van der Waals surface area contributed by atoms with Gasteiger partial charge in [0.15, 0.2) is 11.3 Å². The van der Waals surface area contributed by atoms with Crippen molar-refractivity contribution in [1.82, 2.24) is 4.98 Å². The summed E-state index contributed by atoms with van der Waals surface area (Å²) in [7, 11) is 0. The van der Waals surface area contributed by atoms with E-state index in [9.17, 15) is 24.6 Å². The lowest BCUT2D eigenvalue weighted by Gasteiger charge is -2.34. The van der Waals surface area contributed by atoms with Gasteiger partial charge in [0, 0.05) is 17.7 Å². The highest BCUT2D eigenvalue weighted by molar-refractivity contribution is 7.11. The van der Waals surface area contributed by atoms with Gasteiger partial charge in [-0.1, -0.05) is 34.1 Å². The second-order valence-electron chi connectivity index (χ2n) is 11.2. The molecule has 1 aromatic rings. The molecule has 2 fully saturated rings. The Labute approximate surface area is 217 Å². The number of aliphatic hydroxyl groups excluding tert-OH is 2. The van der Waals surface area contributed by atoms with Crippen molar-refractivity contribution in [2.45, 2.75) is 104 Å². The van der Waals surface area contributed by atoms with Crippen LogP contribution in [-0.2, 0) is 19.1 Å². The Hall–Kier alpha value is -1.94. The molecule has 0 saturated carbocycles. The van der Waals surface area contributed by atoms with Gasteiger partial charge in [0.05, 0.1) is 41.4 Å². The van der Waals surface area contributed by atoms with Crippen LogP contribution in [0.5, 0.6) is 0 Å². The number of aromatic nitrogens is 1. The highest BCUT2D eigenvalue weighted by Gasteiger charge is 2.53. The van der Waals surface area contributed by atoms with Gasteiger partial charge < -0.3 is 19.7 Å². The number of hydrogen-bond acceptors (Lipinski definition) is 9. The number of ether oxygens (including phenoxy) is 2. The summed E-state index contributed by atoms with van der Waals surface area (Å²) in [4.78, 5) is 41.4. The molecular weight excluding hydrogens is 482 g/mol. The summed E-state index contributed by atoms with van der Waals surface area (Å²) in [6.07, 6.45) is 2.12. The van der Waals surface area contributed by atoms with Gasteiger partial charge in [0.2, 0.25) is 0 Å². The van der Waals surface area contributed by atoms with Gasteiger partial charge >= 0.3 is 5.97 Å². The van der Waals surface area contributed by atoms with Crippen molar-refractivity contribution < 1.29 is 34.1 Å². The van der Waals surface area contributed by atoms with E-state index in [0.29, 0.717) is 23.4 Å². The maximum Gasteiger partial charge on any atom is 0.309 e. The molecular formula is C27H39NO7S. The third-order valence-corrected chi connectivity index (χ3v) is 8.72. The zero-order chi connectivity index (χ0) is 26.8. The lowest BCUT2D eigenvalue weighted by Crippen LogP contribution is -2.45. The molecule has 1 aromatic heterocycles. The van der Waals surface area contributed by atoms with E-state index in [4.69, 9.17) is 9.47 Å². The zero-order valence-electron chi connectivity index (χ0n) is 22.0. The van der Waals surface area contributed by atoms with Crippen LogP contribution < -0.4 is 0 Å². The fourth-order valence-electron chi connectivity index (χ4n) is 5.04. The van der Waals surface area contributed by atoms with E-state index in [1.165, 1.54) is 11.3 Å². The van der Waals surface area contributed by atoms with E-state index >= 15 is 0 Å². The number of aldehydes is 1. The number of hydrogen-bond donors (Lipinski definition) is 2. The third kappa shape index (κ3) is 6.49. The van der Waals surface area contributed by atoms with Crippen LogP contribution >= 0.6 is 11.3 Å². The van der Waals surface area contributed by atoms with Crippen molar-refractivity contribution in [2.75, 3.05) is 0 Å². The maximum absolute atomic E-state index is 13.2. The normalized spacial score (nSPS) is 36.6. The quantitative estimate of drug-likeness (QED) is 0.347. The molecule has 0 aliphatic carbocycles. The second-order valence-corrected chi connectivity index (χ2v) is 12.1. The summed E-state index contributed by atoms with van der Waals surface area (Å²) in [5, 5.41) is 23.8. The fourth-order valence-corrected chi connectivity index (χ4v) is 5.62. The summed E-state index contributed by atoms with van der Waals surface area (Å²) >= 11 is 1.24. The van der Waals surface area contributed by atoms with Crippen molar-refractivity contribution in [3.63, 3.8) is 0 Å². The Bertz CT molecular complexity index is 1000. The van der Waals surface area contributed by atoms with Crippen LogP contribution in [0.15, 0.2) is 11.0 Å². The summed E-state index contributed by atoms with van der Waals surface area (Å²) in [5.74, 6) is -1.68. The topological polar surface area (TPSA) is 126 Å². The molecule has 0 spiro atoms. The number of rotatable bonds is 3. The third-order valence-electron chi connectivity index (χ3n) is 7.93. The molecule has 9 heteroatoms. The number of thiazole rings is 1. The van der Waals surface area contributed by atoms with Crippen LogP contribution in [0, 0.1) is 17.3 Å². The molecule has 2 aliphatic heterocycles. The molecule has 0 aromatic carbocycles. The van der Waals surface area contributed by atoms with Crippen LogP contribution in [0.4, 0.5) is 0 Å².